The van der Waals surface area contributed by atoms with Gasteiger partial charge < -0.3 is 14.1 Å². The van der Waals surface area contributed by atoms with E-state index >= 15 is 0 Å². The van der Waals surface area contributed by atoms with Crippen LogP contribution in [0.5, 0.6) is 5.75 Å². The number of hydrogen-bond acceptors (Lipinski definition) is 4. The Morgan fingerprint density at radius 1 is 1.36 bits per heavy atom. The molecule has 1 N–H and O–H groups in total. The lowest BCUT2D eigenvalue weighted by Gasteiger charge is -2.25. The molecule has 3 heterocycles. The summed E-state index contributed by atoms with van der Waals surface area (Å²) in [4.78, 5) is 10.1. The highest BCUT2D eigenvalue weighted by Gasteiger charge is 2.17. The minimum atomic E-state index is 0.769. The van der Waals surface area contributed by atoms with Crippen LogP contribution >= 0.6 is 0 Å². The van der Waals surface area contributed by atoms with E-state index in [4.69, 9.17) is 9.15 Å². The van der Waals surface area contributed by atoms with Gasteiger partial charge in [-0.1, -0.05) is 13.0 Å². The molecule has 5 heteroatoms. The molecule has 0 radical (unpaired) electrons. The number of rotatable bonds is 5. The third kappa shape index (κ3) is 3.20. The van der Waals surface area contributed by atoms with Crippen LogP contribution in [0.4, 0.5) is 0 Å². The molecule has 0 spiro atoms. The zero-order chi connectivity index (χ0) is 17.2. The van der Waals surface area contributed by atoms with Crippen molar-refractivity contribution in [3.63, 3.8) is 0 Å². The highest BCUT2D eigenvalue weighted by Crippen LogP contribution is 2.31. The number of aryl methyl sites for hydroxylation is 1. The second-order valence-corrected chi connectivity index (χ2v) is 6.40. The highest BCUT2D eigenvalue weighted by molar-refractivity contribution is 5.93. The minimum Gasteiger partial charge on any atom is -0.497 e. The van der Waals surface area contributed by atoms with Crippen molar-refractivity contribution in [2.24, 2.45) is 0 Å². The molecule has 0 amide bonds. The van der Waals surface area contributed by atoms with E-state index in [0.717, 1.165) is 55.4 Å². The van der Waals surface area contributed by atoms with Crippen LogP contribution in [0.3, 0.4) is 0 Å². The van der Waals surface area contributed by atoms with E-state index < -0.39 is 0 Å². The number of oxazole rings is 1. The Morgan fingerprint density at radius 3 is 3.00 bits per heavy atom. The maximum atomic E-state index is 5.73. The van der Waals surface area contributed by atoms with Crippen molar-refractivity contribution in [3.05, 3.63) is 53.9 Å². The molecule has 2 aromatic heterocycles. The molecule has 25 heavy (non-hydrogen) atoms. The third-order valence-corrected chi connectivity index (χ3v) is 4.84. The molecule has 0 fully saturated rings. The normalized spacial score (nSPS) is 15.5. The van der Waals surface area contributed by atoms with Gasteiger partial charge >= 0.3 is 0 Å². The number of fused-ring (bicyclic) bond motifs is 1. The van der Waals surface area contributed by atoms with Crippen LogP contribution in [0.1, 0.15) is 30.6 Å². The maximum absolute atomic E-state index is 5.73. The van der Waals surface area contributed by atoms with Gasteiger partial charge in [0.15, 0.2) is 0 Å². The van der Waals surface area contributed by atoms with Gasteiger partial charge in [0.2, 0.25) is 5.89 Å². The topological polar surface area (TPSA) is 54.3 Å². The van der Waals surface area contributed by atoms with Crippen molar-refractivity contribution < 1.29 is 9.15 Å². The van der Waals surface area contributed by atoms with Gasteiger partial charge in [0.25, 0.3) is 0 Å². The molecule has 0 aliphatic carbocycles. The average Bonchev–Trinajstić information content (AvgIpc) is 3.28. The summed E-state index contributed by atoms with van der Waals surface area (Å²) in [5, 5.41) is 1.22. The van der Waals surface area contributed by atoms with Crippen molar-refractivity contribution >= 4 is 16.5 Å². The molecule has 5 nitrogen and oxygen atoms in total. The van der Waals surface area contributed by atoms with Crippen molar-refractivity contribution in [2.75, 3.05) is 20.2 Å². The lowest BCUT2D eigenvalue weighted by molar-refractivity contribution is 0.259. The maximum Gasteiger partial charge on any atom is 0.208 e. The van der Waals surface area contributed by atoms with Crippen LogP contribution in [0.2, 0.25) is 0 Å². The molecule has 130 valence electrons. The summed E-state index contributed by atoms with van der Waals surface area (Å²) < 4.78 is 11.1. The zero-order valence-corrected chi connectivity index (χ0v) is 14.7. The molecule has 4 rings (SSSR count). The smallest absolute Gasteiger partial charge is 0.208 e. The number of hydrogen-bond donors (Lipinski definition) is 1. The molecular formula is C20H23N3O2. The Kier molecular flexibility index (Phi) is 4.32. The van der Waals surface area contributed by atoms with E-state index in [1.165, 1.54) is 16.5 Å². The summed E-state index contributed by atoms with van der Waals surface area (Å²) in [6, 6.07) is 6.16. The second kappa shape index (κ2) is 6.76. The quantitative estimate of drug-likeness (QED) is 0.764. The lowest BCUT2D eigenvalue weighted by Crippen LogP contribution is -2.28. The van der Waals surface area contributed by atoms with Crippen LogP contribution in [-0.2, 0) is 13.0 Å². The molecule has 3 aromatic rings. The fourth-order valence-corrected chi connectivity index (χ4v) is 3.37. The van der Waals surface area contributed by atoms with Gasteiger partial charge in [-0.05, 0) is 30.2 Å². The number of aromatic amines is 1. The van der Waals surface area contributed by atoms with E-state index in [1.807, 2.05) is 12.3 Å². The Hall–Kier alpha value is -2.53. The minimum absolute atomic E-state index is 0.769. The van der Waals surface area contributed by atoms with Gasteiger partial charge in [-0.15, -0.1) is 0 Å². The van der Waals surface area contributed by atoms with Crippen LogP contribution in [0, 0.1) is 0 Å². The lowest BCUT2D eigenvalue weighted by atomic mass is 9.99. The van der Waals surface area contributed by atoms with Crippen molar-refractivity contribution in [2.45, 2.75) is 26.3 Å². The van der Waals surface area contributed by atoms with E-state index in [2.05, 4.69) is 46.2 Å². The van der Waals surface area contributed by atoms with Crippen LogP contribution in [-0.4, -0.2) is 35.1 Å². The molecular weight excluding hydrogens is 314 g/mol. The zero-order valence-electron chi connectivity index (χ0n) is 14.7. The first-order valence-corrected chi connectivity index (χ1v) is 8.77. The summed E-state index contributed by atoms with van der Waals surface area (Å²) in [6.07, 6.45) is 8.16. The summed E-state index contributed by atoms with van der Waals surface area (Å²) in [5.41, 5.74) is 3.81. The summed E-state index contributed by atoms with van der Waals surface area (Å²) >= 11 is 0. The van der Waals surface area contributed by atoms with Gasteiger partial charge in [-0.25, -0.2) is 4.98 Å². The summed E-state index contributed by atoms with van der Waals surface area (Å²) in [6.45, 7) is 4.77. The number of aromatic nitrogens is 2. The SMILES string of the molecule is CCc1cnc(CN2CC=C(c3c[nH]c4ccc(OC)cc34)CC2)o1. The molecule has 1 aliphatic heterocycles. The Bertz CT molecular complexity index is 907. The van der Waals surface area contributed by atoms with Crippen LogP contribution < -0.4 is 4.74 Å². The molecule has 0 saturated carbocycles. The third-order valence-electron chi connectivity index (χ3n) is 4.84. The molecule has 0 atom stereocenters. The molecule has 1 aromatic carbocycles. The monoisotopic (exact) mass is 337 g/mol. The van der Waals surface area contributed by atoms with E-state index in [0.29, 0.717) is 0 Å². The Labute approximate surface area is 147 Å². The van der Waals surface area contributed by atoms with Gasteiger partial charge in [-0.2, -0.15) is 0 Å². The van der Waals surface area contributed by atoms with Crippen molar-refractivity contribution in [1.82, 2.24) is 14.9 Å². The fourth-order valence-electron chi connectivity index (χ4n) is 3.37. The number of ether oxygens (including phenoxy) is 1. The van der Waals surface area contributed by atoms with Gasteiger partial charge in [0.1, 0.15) is 11.5 Å². The predicted octanol–water partition coefficient (Wildman–Crippen LogP) is 4.02. The Balaban J connectivity index is 1.50. The molecule has 0 saturated heterocycles. The first-order valence-electron chi connectivity index (χ1n) is 8.77. The molecule has 1 aliphatic rings. The first kappa shape index (κ1) is 16.0. The second-order valence-electron chi connectivity index (χ2n) is 6.40. The van der Waals surface area contributed by atoms with Crippen LogP contribution in [0.25, 0.3) is 16.5 Å². The van der Waals surface area contributed by atoms with E-state index in [9.17, 15) is 0 Å². The first-order chi connectivity index (χ1) is 12.3. The standard InChI is InChI=1S/C20H23N3O2/c1-3-15-11-22-20(25-15)13-23-8-6-14(7-9-23)18-12-21-19-5-4-16(24-2)10-17(18)19/h4-6,10-12,21H,3,7-9,13H2,1-2H3. The van der Waals surface area contributed by atoms with E-state index in [-0.39, 0.29) is 0 Å². The number of nitrogens with one attached hydrogen (secondary N) is 1. The predicted molar refractivity (Wildman–Crippen MR) is 98.6 cm³/mol. The highest BCUT2D eigenvalue weighted by atomic mass is 16.5. The number of H-pyrrole nitrogens is 1. The van der Waals surface area contributed by atoms with E-state index in [1.54, 1.807) is 7.11 Å². The van der Waals surface area contributed by atoms with Gasteiger partial charge in [0, 0.05) is 42.2 Å². The number of methoxy groups -OCH3 is 1. The molecule has 0 bridgehead atoms. The van der Waals surface area contributed by atoms with Gasteiger partial charge in [0.05, 0.1) is 19.9 Å². The summed E-state index contributed by atoms with van der Waals surface area (Å²) in [5.74, 6) is 2.66. The summed E-state index contributed by atoms with van der Waals surface area (Å²) in [7, 11) is 1.71. The Morgan fingerprint density at radius 2 is 2.28 bits per heavy atom. The average molecular weight is 337 g/mol. The largest absolute Gasteiger partial charge is 0.497 e. The number of benzene rings is 1. The molecule has 0 unspecified atom stereocenters. The van der Waals surface area contributed by atoms with Crippen molar-refractivity contribution in [3.8, 4) is 5.75 Å². The van der Waals surface area contributed by atoms with Crippen LogP contribution in [0.15, 0.2) is 41.1 Å². The number of nitrogens with zero attached hydrogens (tertiary/aromatic N) is 2. The van der Waals surface area contributed by atoms with Crippen molar-refractivity contribution in [1.29, 1.82) is 0 Å². The van der Waals surface area contributed by atoms with Gasteiger partial charge in [-0.3, -0.25) is 4.90 Å². The fraction of sp³-hybridized carbons (Fsp3) is 0.350.